The SMILES string of the molecule is C=CCc1ccc(OC(OC)(OC)C(Cl)N2CCCCC2)cc1. The topological polar surface area (TPSA) is 30.9 Å². The van der Waals surface area contributed by atoms with Crippen LogP contribution in [-0.4, -0.2) is 43.7 Å². The molecule has 0 N–H and O–H groups in total. The number of hydrogen-bond donors (Lipinski definition) is 0. The molecule has 23 heavy (non-hydrogen) atoms. The Balaban J connectivity index is 2.13. The molecule has 0 amide bonds. The van der Waals surface area contributed by atoms with Gasteiger partial charge in [-0.3, -0.25) is 4.90 Å². The molecule has 1 saturated heterocycles. The second kappa shape index (κ2) is 8.69. The summed E-state index contributed by atoms with van der Waals surface area (Å²) in [6.07, 6.45) is 6.19. The van der Waals surface area contributed by atoms with Gasteiger partial charge in [0.15, 0.2) is 5.50 Å². The van der Waals surface area contributed by atoms with Crippen molar-refractivity contribution in [3.05, 3.63) is 42.5 Å². The van der Waals surface area contributed by atoms with Crippen LogP contribution in [-0.2, 0) is 15.9 Å². The van der Waals surface area contributed by atoms with Gasteiger partial charge in [0.25, 0.3) is 0 Å². The van der Waals surface area contributed by atoms with Crippen LogP contribution in [0.4, 0.5) is 0 Å². The van der Waals surface area contributed by atoms with Gasteiger partial charge in [-0.15, -0.1) is 6.58 Å². The van der Waals surface area contributed by atoms with Crippen LogP contribution in [0.1, 0.15) is 24.8 Å². The number of benzene rings is 1. The lowest BCUT2D eigenvalue weighted by Gasteiger charge is -2.41. The highest BCUT2D eigenvalue weighted by Gasteiger charge is 2.45. The van der Waals surface area contributed by atoms with Crippen molar-refractivity contribution in [1.29, 1.82) is 0 Å². The molecule has 1 fully saturated rings. The average molecular weight is 340 g/mol. The van der Waals surface area contributed by atoms with Crippen molar-refractivity contribution < 1.29 is 14.2 Å². The summed E-state index contributed by atoms with van der Waals surface area (Å²) >= 11 is 6.65. The van der Waals surface area contributed by atoms with E-state index < -0.39 is 11.5 Å². The van der Waals surface area contributed by atoms with Gasteiger partial charge in [0, 0.05) is 14.2 Å². The fourth-order valence-electron chi connectivity index (χ4n) is 2.80. The largest absolute Gasteiger partial charge is 0.437 e. The zero-order chi connectivity index (χ0) is 16.7. The van der Waals surface area contributed by atoms with E-state index in [4.69, 9.17) is 25.8 Å². The fourth-order valence-corrected chi connectivity index (χ4v) is 3.22. The molecule has 2 rings (SSSR count). The first-order valence-electron chi connectivity index (χ1n) is 8.02. The number of nitrogens with zero attached hydrogens (tertiary/aromatic N) is 1. The zero-order valence-corrected chi connectivity index (χ0v) is 14.7. The van der Waals surface area contributed by atoms with E-state index in [0.29, 0.717) is 5.75 Å². The molecule has 1 aliphatic rings. The first-order chi connectivity index (χ1) is 11.1. The number of rotatable bonds is 8. The van der Waals surface area contributed by atoms with Gasteiger partial charge in [0.2, 0.25) is 0 Å². The summed E-state index contributed by atoms with van der Waals surface area (Å²) in [5.41, 5.74) is 0.650. The van der Waals surface area contributed by atoms with Crippen molar-refractivity contribution in [2.24, 2.45) is 0 Å². The lowest BCUT2D eigenvalue weighted by atomic mass is 10.1. The van der Waals surface area contributed by atoms with Crippen molar-refractivity contribution in [3.63, 3.8) is 0 Å². The first-order valence-corrected chi connectivity index (χ1v) is 8.46. The van der Waals surface area contributed by atoms with Crippen LogP contribution in [0, 0.1) is 0 Å². The molecular weight excluding hydrogens is 314 g/mol. The number of methoxy groups -OCH3 is 2. The van der Waals surface area contributed by atoms with E-state index in [1.54, 1.807) is 14.2 Å². The van der Waals surface area contributed by atoms with E-state index in [-0.39, 0.29) is 0 Å². The molecule has 1 unspecified atom stereocenters. The molecule has 1 aromatic carbocycles. The Morgan fingerprint density at radius 3 is 2.30 bits per heavy atom. The third-order valence-electron chi connectivity index (χ3n) is 4.14. The Kier molecular flexibility index (Phi) is 6.90. The Labute approximate surface area is 144 Å². The zero-order valence-electron chi connectivity index (χ0n) is 14.0. The summed E-state index contributed by atoms with van der Waals surface area (Å²) in [6.45, 7) is 5.59. The van der Waals surface area contributed by atoms with E-state index >= 15 is 0 Å². The van der Waals surface area contributed by atoms with E-state index in [0.717, 1.165) is 32.4 Å². The van der Waals surface area contributed by atoms with E-state index in [1.165, 1.54) is 12.0 Å². The second-order valence-electron chi connectivity index (χ2n) is 5.68. The number of piperidine rings is 1. The molecule has 0 spiro atoms. The highest BCUT2D eigenvalue weighted by Crippen LogP contribution is 2.30. The lowest BCUT2D eigenvalue weighted by Crippen LogP contribution is -2.57. The van der Waals surface area contributed by atoms with Crippen LogP contribution in [0.3, 0.4) is 0 Å². The molecule has 1 aromatic rings. The number of alkyl halides is 1. The van der Waals surface area contributed by atoms with Crippen LogP contribution in [0.15, 0.2) is 36.9 Å². The summed E-state index contributed by atoms with van der Waals surface area (Å²) < 4.78 is 17.1. The van der Waals surface area contributed by atoms with Gasteiger partial charge in [-0.05, 0) is 50.0 Å². The van der Waals surface area contributed by atoms with Gasteiger partial charge in [0.05, 0.1) is 0 Å². The van der Waals surface area contributed by atoms with Crippen LogP contribution in [0.2, 0.25) is 0 Å². The summed E-state index contributed by atoms with van der Waals surface area (Å²) in [6, 6.07) is 7.78. The molecule has 1 heterocycles. The quantitative estimate of drug-likeness (QED) is 0.312. The Morgan fingerprint density at radius 1 is 1.17 bits per heavy atom. The maximum atomic E-state index is 6.65. The Bertz CT molecular complexity index is 482. The van der Waals surface area contributed by atoms with E-state index in [2.05, 4.69) is 11.5 Å². The fraction of sp³-hybridized carbons (Fsp3) is 0.556. The van der Waals surface area contributed by atoms with Crippen molar-refractivity contribution in [2.45, 2.75) is 37.2 Å². The molecule has 0 saturated carbocycles. The highest BCUT2D eigenvalue weighted by atomic mass is 35.5. The third-order valence-corrected chi connectivity index (χ3v) is 4.68. The minimum absolute atomic E-state index is 0.523. The first kappa shape index (κ1) is 18.3. The normalized spacial score (nSPS) is 17.7. The highest BCUT2D eigenvalue weighted by molar-refractivity contribution is 6.20. The van der Waals surface area contributed by atoms with Crippen LogP contribution < -0.4 is 4.74 Å². The summed E-state index contributed by atoms with van der Waals surface area (Å²) in [5, 5.41) is 0. The molecule has 128 valence electrons. The Hall–Kier alpha value is -1.07. The van der Waals surface area contributed by atoms with Gasteiger partial charge in [-0.1, -0.05) is 36.2 Å². The minimum atomic E-state index is -1.33. The number of ether oxygens (including phenoxy) is 3. The molecular formula is C18H26ClNO3. The molecule has 4 nitrogen and oxygen atoms in total. The number of halogens is 1. The van der Waals surface area contributed by atoms with E-state index in [9.17, 15) is 0 Å². The van der Waals surface area contributed by atoms with Gasteiger partial charge >= 0.3 is 5.97 Å². The standard InChI is InChI=1S/C18H26ClNO3/c1-4-8-15-9-11-16(12-10-15)23-18(21-2,22-3)17(19)20-13-6-5-7-14-20/h4,9-12,17H,1,5-8,13-14H2,2-3H3. The van der Waals surface area contributed by atoms with Gasteiger partial charge < -0.3 is 14.2 Å². The van der Waals surface area contributed by atoms with Gasteiger partial charge in [0.1, 0.15) is 5.75 Å². The lowest BCUT2D eigenvalue weighted by molar-refractivity contribution is -0.337. The predicted octanol–water partition coefficient (Wildman–Crippen LogP) is 3.79. The van der Waals surface area contributed by atoms with Crippen molar-refractivity contribution in [3.8, 4) is 5.75 Å². The Morgan fingerprint density at radius 2 is 1.78 bits per heavy atom. The molecule has 5 heteroatoms. The third kappa shape index (κ3) is 4.48. The van der Waals surface area contributed by atoms with Crippen molar-refractivity contribution in [1.82, 2.24) is 4.90 Å². The predicted molar refractivity (Wildman–Crippen MR) is 92.8 cm³/mol. The smallest absolute Gasteiger partial charge is 0.358 e. The maximum Gasteiger partial charge on any atom is 0.358 e. The summed E-state index contributed by atoms with van der Waals surface area (Å²) in [4.78, 5) is 2.14. The van der Waals surface area contributed by atoms with E-state index in [1.807, 2.05) is 30.3 Å². The minimum Gasteiger partial charge on any atom is -0.437 e. The maximum absolute atomic E-state index is 6.65. The van der Waals surface area contributed by atoms with Crippen molar-refractivity contribution in [2.75, 3.05) is 27.3 Å². The van der Waals surface area contributed by atoms with Crippen LogP contribution >= 0.6 is 11.6 Å². The molecule has 0 aliphatic carbocycles. The second-order valence-corrected chi connectivity index (χ2v) is 6.10. The van der Waals surface area contributed by atoms with Crippen LogP contribution in [0.5, 0.6) is 5.75 Å². The van der Waals surface area contributed by atoms with Crippen molar-refractivity contribution >= 4 is 11.6 Å². The molecule has 1 atom stereocenters. The molecule has 0 radical (unpaired) electrons. The summed E-state index contributed by atoms with van der Waals surface area (Å²) in [7, 11) is 3.10. The van der Waals surface area contributed by atoms with Gasteiger partial charge in [-0.2, -0.15) is 0 Å². The van der Waals surface area contributed by atoms with Crippen LogP contribution in [0.25, 0.3) is 0 Å². The molecule has 1 aliphatic heterocycles. The molecule has 0 aromatic heterocycles. The summed E-state index contributed by atoms with van der Waals surface area (Å²) in [5.74, 6) is -0.678. The number of likely N-dealkylation sites (tertiary alicyclic amines) is 1. The molecule has 0 bridgehead atoms. The van der Waals surface area contributed by atoms with Gasteiger partial charge in [-0.25, -0.2) is 0 Å². The monoisotopic (exact) mass is 339 g/mol. The average Bonchev–Trinajstić information content (AvgIpc) is 2.62. The number of hydrogen-bond acceptors (Lipinski definition) is 4. The number of allylic oxidation sites excluding steroid dienone is 1.